The van der Waals surface area contributed by atoms with Crippen molar-refractivity contribution >= 4 is 38.6 Å². The minimum atomic E-state index is -3.44. The van der Waals surface area contributed by atoms with E-state index >= 15 is 0 Å². The molecular weight excluding hydrogens is 292 g/mol. The summed E-state index contributed by atoms with van der Waals surface area (Å²) in [5, 5.41) is 0. The molecule has 0 saturated carbocycles. The third-order valence-corrected chi connectivity index (χ3v) is 6.66. The van der Waals surface area contributed by atoms with Crippen molar-refractivity contribution in [2.24, 2.45) is 5.73 Å². The lowest BCUT2D eigenvalue weighted by atomic mass is 10.3. The van der Waals surface area contributed by atoms with Crippen LogP contribution in [0.25, 0.3) is 0 Å². The maximum Gasteiger partial charge on any atom is 0.252 e. The van der Waals surface area contributed by atoms with E-state index in [0.717, 1.165) is 17.8 Å². The molecule has 0 radical (unpaired) electrons. The second kappa shape index (κ2) is 5.22. The van der Waals surface area contributed by atoms with Crippen molar-refractivity contribution in [3.63, 3.8) is 0 Å². The Kier molecular flexibility index (Phi) is 4.02. The Labute approximate surface area is 116 Å². The van der Waals surface area contributed by atoms with E-state index in [4.69, 9.17) is 22.7 Å². The molecule has 1 unspecified atom stereocenters. The predicted octanol–water partition coefficient (Wildman–Crippen LogP) is 0.792. The minimum absolute atomic E-state index is 0.0187. The van der Waals surface area contributed by atoms with Gasteiger partial charge in [0.2, 0.25) is 0 Å². The molecule has 18 heavy (non-hydrogen) atoms. The molecule has 0 bridgehead atoms. The number of ether oxygens (including phenoxy) is 1. The van der Waals surface area contributed by atoms with Gasteiger partial charge in [0.05, 0.1) is 11.0 Å². The average molecular weight is 306 g/mol. The van der Waals surface area contributed by atoms with E-state index in [0.29, 0.717) is 18.0 Å². The fourth-order valence-electron chi connectivity index (χ4n) is 1.83. The molecule has 1 atom stereocenters. The highest BCUT2D eigenvalue weighted by Gasteiger charge is 2.33. The van der Waals surface area contributed by atoms with Crippen molar-refractivity contribution in [3.8, 4) is 0 Å². The van der Waals surface area contributed by atoms with Crippen LogP contribution in [0.5, 0.6) is 0 Å². The van der Waals surface area contributed by atoms with Crippen molar-refractivity contribution in [2.75, 3.05) is 20.2 Å². The van der Waals surface area contributed by atoms with Gasteiger partial charge in [-0.2, -0.15) is 4.31 Å². The molecule has 8 heteroatoms. The largest absolute Gasteiger partial charge is 0.389 e. The van der Waals surface area contributed by atoms with Gasteiger partial charge >= 0.3 is 0 Å². The third kappa shape index (κ3) is 2.57. The minimum Gasteiger partial charge on any atom is -0.389 e. The van der Waals surface area contributed by atoms with E-state index in [2.05, 4.69) is 0 Å². The molecule has 2 rings (SSSR count). The van der Waals surface area contributed by atoms with E-state index in [1.165, 1.54) is 4.31 Å². The lowest BCUT2D eigenvalue weighted by Gasteiger charge is -2.14. The lowest BCUT2D eigenvalue weighted by molar-refractivity contribution is 0.115. The van der Waals surface area contributed by atoms with Crippen molar-refractivity contribution in [2.45, 2.75) is 16.7 Å². The molecule has 100 valence electrons. The molecule has 1 aliphatic heterocycles. The van der Waals surface area contributed by atoms with Gasteiger partial charge in [0.15, 0.2) is 0 Å². The van der Waals surface area contributed by atoms with Crippen LogP contribution >= 0.6 is 23.6 Å². The van der Waals surface area contributed by atoms with Crippen molar-refractivity contribution < 1.29 is 13.2 Å². The van der Waals surface area contributed by atoms with Crippen LogP contribution in [0.1, 0.15) is 11.3 Å². The molecule has 5 nitrogen and oxygen atoms in total. The van der Waals surface area contributed by atoms with E-state index < -0.39 is 10.0 Å². The Bertz CT molecular complexity index is 552. The summed E-state index contributed by atoms with van der Waals surface area (Å²) in [6, 6.07) is 3.19. The summed E-state index contributed by atoms with van der Waals surface area (Å²) >= 11 is 5.94. The zero-order valence-electron chi connectivity index (χ0n) is 9.83. The summed E-state index contributed by atoms with van der Waals surface area (Å²) in [6.45, 7) is 0.889. The summed E-state index contributed by atoms with van der Waals surface area (Å²) in [7, 11) is -1.84. The number of hydrogen-bond donors (Lipinski definition) is 1. The summed E-state index contributed by atoms with van der Waals surface area (Å²) in [5.74, 6) is 0. The van der Waals surface area contributed by atoms with Gasteiger partial charge in [0, 0.05) is 20.2 Å². The molecule has 1 fully saturated rings. The zero-order valence-corrected chi connectivity index (χ0v) is 12.3. The van der Waals surface area contributed by atoms with Gasteiger partial charge in [-0.3, -0.25) is 0 Å². The van der Waals surface area contributed by atoms with Crippen molar-refractivity contribution in [1.82, 2.24) is 4.31 Å². The number of thiophene rings is 1. The maximum atomic E-state index is 12.3. The Hall–Kier alpha value is -0.540. The predicted molar refractivity (Wildman–Crippen MR) is 74.4 cm³/mol. The zero-order chi connectivity index (χ0) is 13.3. The molecule has 1 aliphatic rings. The fourth-order valence-corrected chi connectivity index (χ4v) is 4.82. The number of nitrogens with two attached hydrogens (primary N) is 1. The van der Waals surface area contributed by atoms with Crippen molar-refractivity contribution in [1.29, 1.82) is 0 Å². The van der Waals surface area contributed by atoms with Gasteiger partial charge in [0.25, 0.3) is 10.0 Å². The highest BCUT2D eigenvalue weighted by Crippen LogP contribution is 2.27. The number of nitrogens with zero attached hydrogens (tertiary/aromatic N) is 1. The average Bonchev–Trinajstić information content (AvgIpc) is 2.98. The topological polar surface area (TPSA) is 72.6 Å². The van der Waals surface area contributed by atoms with Crippen LogP contribution in [-0.2, 0) is 14.8 Å². The number of methoxy groups -OCH3 is 1. The summed E-state index contributed by atoms with van der Waals surface area (Å²) in [5.41, 5.74) is 5.48. The normalized spacial score (nSPS) is 21.3. The van der Waals surface area contributed by atoms with Gasteiger partial charge in [0.1, 0.15) is 9.20 Å². The highest BCUT2D eigenvalue weighted by atomic mass is 32.2. The number of hydrogen-bond acceptors (Lipinski definition) is 5. The molecule has 1 aromatic heterocycles. The number of thiocarbonyl (C=S) groups is 1. The molecule has 0 spiro atoms. The standard InChI is InChI=1S/C10H14N2O3S3/c1-15-7-4-5-12(6-7)18(13,14)9-3-2-8(17-9)10(11)16/h2-3,7H,4-6H2,1H3,(H2,11,16). The van der Waals surface area contributed by atoms with E-state index in [1.807, 2.05) is 0 Å². The first-order chi connectivity index (χ1) is 8.45. The molecule has 2 N–H and O–H groups in total. The summed E-state index contributed by atoms with van der Waals surface area (Å²) in [4.78, 5) is 0.837. The van der Waals surface area contributed by atoms with Gasteiger partial charge in [-0.05, 0) is 18.6 Å². The van der Waals surface area contributed by atoms with Crippen LogP contribution in [0.2, 0.25) is 0 Å². The Balaban J connectivity index is 2.23. The Morgan fingerprint density at radius 3 is 2.83 bits per heavy atom. The maximum absolute atomic E-state index is 12.3. The monoisotopic (exact) mass is 306 g/mol. The van der Waals surface area contributed by atoms with Crippen LogP contribution in [0.15, 0.2) is 16.3 Å². The fraction of sp³-hybridized carbons (Fsp3) is 0.500. The first-order valence-corrected chi connectivity index (χ1v) is 8.04. The molecule has 1 saturated heterocycles. The second-order valence-corrected chi connectivity index (χ2v) is 7.68. The second-order valence-electron chi connectivity index (χ2n) is 3.99. The SMILES string of the molecule is COC1CCN(S(=O)(=O)c2ccc(C(N)=S)s2)C1. The van der Waals surface area contributed by atoms with E-state index in [9.17, 15) is 8.42 Å². The molecule has 0 aliphatic carbocycles. The lowest BCUT2D eigenvalue weighted by Crippen LogP contribution is -2.29. The van der Waals surface area contributed by atoms with Gasteiger partial charge in [-0.25, -0.2) is 8.42 Å². The Morgan fingerprint density at radius 2 is 2.33 bits per heavy atom. The summed E-state index contributed by atoms with van der Waals surface area (Å²) in [6.07, 6.45) is 0.707. The first-order valence-electron chi connectivity index (χ1n) is 5.37. The van der Waals surface area contributed by atoms with E-state index in [1.54, 1.807) is 19.2 Å². The van der Waals surface area contributed by atoms with Crippen LogP contribution in [0, 0.1) is 0 Å². The van der Waals surface area contributed by atoms with Gasteiger partial charge in [-0.15, -0.1) is 11.3 Å². The molecule has 2 heterocycles. The van der Waals surface area contributed by atoms with Crippen LogP contribution in [0.4, 0.5) is 0 Å². The van der Waals surface area contributed by atoms with Crippen LogP contribution < -0.4 is 5.73 Å². The number of sulfonamides is 1. The first kappa shape index (κ1) is 13.9. The molecular formula is C10H14N2O3S3. The highest BCUT2D eigenvalue weighted by molar-refractivity contribution is 7.91. The smallest absolute Gasteiger partial charge is 0.252 e. The summed E-state index contributed by atoms with van der Waals surface area (Å²) < 4.78 is 31.5. The molecule has 0 amide bonds. The quantitative estimate of drug-likeness (QED) is 0.833. The Morgan fingerprint density at radius 1 is 1.61 bits per heavy atom. The molecule has 1 aromatic rings. The third-order valence-electron chi connectivity index (χ3n) is 2.86. The van der Waals surface area contributed by atoms with Gasteiger partial charge < -0.3 is 10.5 Å². The van der Waals surface area contributed by atoms with Crippen LogP contribution in [0.3, 0.4) is 0 Å². The van der Waals surface area contributed by atoms with Crippen molar-refractivity contribution in [3.05, 3.63) is 17.0 Å². The van der Waals surface area contributed by atoms with Crippen LogP contribution in [-0.4, -0.2) is 44.0 Å². The number of rotatable bonds is 4. The molecule has 0 aromatic carbocycles. The van der Waals surface area contributed by atoms with E-state index in [-0.39, 0.29) is 15.3 Å². The van der Waals surface area contributed by atoms with Gasteiger partial charge in [-0.1, -0.05) is 12.2 Å².